The van der Waals surface area contributed by atoms with E-state index >= 15 is 0 Å². The molecule has 1 saturated heterocycles. The van der Waals surface area contributed by atoms with Crippen molar-refractivity contribution in [3.05, 3.63) is 33.9 Å². The summed E-state index contributed by atoms with van der Waals surface area (Å²) >= 11 is 0. The van der Waals surface area contributed by atoms with Gasteiger partial charge in [0, 0.05) is 12.1 Å². The number of hydrogen-bond acceptors (Lipinski definition) is 7. The van der Waals surface area contributed by atoms with Crippen molar-refractivity contribution in [2.75, 3.05) is 6.61 Å². The predicted octanol–water partition coefficient (Wildman–Crippen LogP) is 0.452. The minimum atomic E-state index is -5.52. The van der Waals surface area contributed by atoms with Gasteiger partial charge in [-0.2, -0.15) is 13.2 Å². The largest absolute Gasteiger partial charge is 0.872 e. The van der Waals surface area contributed by atoms with Gasteiger partial charge < -0.3 is 25.6 Å². The van der Waals surface area contributed by atoms with Crippen LogP contribution < -0.4 is 15.7 Å². The molecule has 0 radical (unpaired) electrons. The number of ether oxygens (including phenoxy) is 1. The fourth-order valence-corrected chi connectivity index (χ4v) is 2.69. The summed E-state index contributed by atoms with van der Waals surface area (Å²) in [7, 11) is 0. The van der Waals surface area contributed by atoms with Crippen molar-refractivity contribution < 1.29 is 42.6 Å². The summed E-state index contributed by atoms with van der Waals surface area (Å²) in [4.78, 5) is 33.8. The fraction of sp³-hybridized carbons (Fsp3) is 0.429. The van der Waals surface area contributed by atoms with Crippen LogP contribution in [0.25, 0.3) is 0 Å². The van der Waals surface area contributed by atoms with Crippen LogP contribution in [0.1, 0.15) is 18.5 Å². The van der Waals surface area contributed by atoms with Gasteiger partial charge in [-0.15, -0.1) is 5.75 Å². The van der Waals surface area contributed by atoms with Gasteiger partial charge in [0.1, 0.15) is 5.92 Å². The quantitative estimate of drug-likeness (QED) is 0.382. The Hall–Kier alpha value is -3.09. The number of carbonyl (C=O) groups is 2. The van der Waals surface area contributed by atoms with Crippen molar-refractivity contribution in [3.8, 4) is 5.75 Å². The number of aliphatic hydroxyl groups is 1. The first kappa shape index (κ1) is 20.2. The summed E-state index contributed by atoms with van der Waals surface area (Å²) < 4.78 is 44.9. The van der Waals surface area contributed by atoms with Crippen LogP contribution >= 0.6 is 0 Å². The second kappa shape index (κ2) is 6.90. The normalized spacial score (nSPS) is 25.3. The lowest BCUT2D eigenvalue weighted by molar-refractivity contribution is -0.385. The number of amides is 2. The first-order chi connectivity index (χ1) is 12.4. The smallest absolute Gasteiger partial charge is 0.437 e. The van der Waals surface area contributed by atoms with Crippen LogP contribution in [-0.2, 0) is 9.53 Å². The van der Waals surface area contributed by atoms with Gasteiger partial charge >= 0.3 is 18.2 Å². The summed E-state index contributed by atoms with van der Waals surface area (Å²) in [5.74, 6) is -5.09. The summed E-state index contributed by atoms with van der Waals surface area (Å²) in [5, 5.41) is 36.2. The highest BCUT2D eigenvalue weighted by Crippen LogP contribution is 2.44. The molecule has 1 aliphatic heterocycles. The molecular weight excluding hydrogens is 379 g/mol. The van der Waals surface area contributed by atoms with E-state index in [1.165, 1.54) is 12.2 Å². The maximum Gasteiger partial charge on any atom is 0.437 e. The van der Waals surface area contributed by atoms with Crippen LogP contribution in [-0.4, -0.2) is 40.5 Å². The van der Waals surface area contributed by atoms with Crippen molar-refractivity contribution >= 4 is 17.7 Å². The van der Waals surface area contributed by atoms with Crippen molar-refractivity contribution in [1.82, 2.24) is 10.6 Å². The predicted molar refractivity (Wildman–Crippen MR) is 78.1 cm³/mol. The Labute approximate surface area is 149 Å². The van der Waals surface area contributed by atoms with Gasteiger partial charge in [-0.25, -0.2) is 4.79 Å². The molecule has 0 unspecified atom stereocenters. The molecule has 0 aromatic heterocycles. The molecule has 0 spiro atoms. The summed E-state index contributed by atoms with van der Waals surface area (Å²) in [6, 6.07) is -1.43. The Kier molecular flexibility index (Phi) is 5.17. The summed E-state index contributed by atoms with van der Waals surface area (Å²) in [6.45, 7) is 0.934. The van der Waals surface area contributed by atoms with Crippen molar-refractivity contribution in [3.63, 3.8) is 0 Å². The lowest BCUT2D eigenvalue weighted by Gasteiger charge is -2.44. The van der Waals surface area contributed by atoms with E-state index in [1.807, 2.05) is 5.32 Å². The van der Waals surface area contributed by atoms with Crippen molar-refractivity contribution in [2.24, 2.45) is 5.92 Å². The van der Waals surface area contributed by atoms with Crippen LogP contribution in [0.4, 0.5) is 23.7 Å². The average Bonchev–Trinajstić information content (AvgIpc) is 2.53. The Morgan fingerprint density at radius 1 is 1.44 bits per heavy atom. The number of urea groups is 1. The number of benzene rings is 1. The van der Waals surface area contributed by atoms with E-state index in [0.717, 1.165) is 6.07 Å². The monoisotopic (exact) mass is 392 g/mol. The third-order valence-electron chi connectivity index (χ3n) is 3.89. The number of nitrogens with zero attached hydrogens (tertiary/aromatic N) is 1. The number of nitro groups is 1. The lowest BCUT2D eigenvalue weighted by atomic mass is 9.81. The number of non-ortho nitro benzene ring substituents is 1. The van der Waals surface area contributed by atoms with E-state index in [2.05, 4.69) is 4.74 Å². The molecule has 1 aromatic rings. The summed E-state index contributed by atoms with van der Waals surface area (Å²) in [5.41, 5.74) is -5.40. The SMILES string of the molecule is CCOC(=O)[C@@H]1[C@@H](c2cc([N+](=O)[O-])ccc2[O-])NC(=O)N[C@]1(O)C(F)(F)F. The number of nitrogens with one attached hydrogen (secondary N) is 2. The maximum atomic E-state index is 13.5. The molecule has 0 aliphatic carbocycles. The van der Waals surface area contributed by atoms with E-state index in [4.69, 9.17) is 0 Å². The van der Waals surface area contributed by atoms with Crippen molar-refractivity contribution in [2.45, 2.75) is 24.9 Å². The van der Waals surface area contributed by atoms with Crippen molar-refractivity contribution in [1.29, 1.82) is 0 Å². The van der Waals surface area contributed by atoms with Crippen LogP contribution in [0.3, 0.4) is 0 Å². The van der Waals surface area contributed by atoms with Crippen LogP contribution in [0.2, 0.25) is 0 Å². The topological polar surface area (TPSA) is 154 Å². The van der Waals surface area contributed by atoms with Gasteiger partial charge in [-0.3, -0.25) is 14.9 Å². The third kappa shape index (κ3) is 3.58. The van der Waals surface area contributed by atoms with Gasteiger partial charge in [-0.05, 0) is 12.5 Å². The molecule has 148 valence electrons. The number of alkyl halides is 3. The average molecular weight is 392 g/mol. The van der Waals surface area contributed by atoms with Crippen LogP contribution in [0.5, 0.6) is 5.75 Å². The van der Waals surface area contributed by atoms with Gasteiger partial charge in [0.2, 0.25) is 0 Å². The minimum Gasteiger partial charge on any atom is -0.872 e. The fourth-order valence-electron chi connectivity index (χ4n) is 2.69. The Morgan fingerprint density at radius 2 is 2.07 bits per heavy atom. The molecule has 1 heterocycles. The zero-order valence-corrected chi connectivity index (χ0v) is 13.6. The lowest BCUT2D eigenvalue weighted by Crippen LogP contribution is -2.73. The van der Waals surface area contributed by atoms with Gasteiger partial charge in [0.15, 0.2) is 0 Å². The second-order valence-electron chi connectivity index (χ2n) is 5.55. The molecule has 0 bridgehead atoms. The Bertz CT molecular complexity index is 786. The Balaban J connectivity index is 2.68. The molecular formula is C14H13F3N3O7-. The van der Waals surface area contributed by atoms with E-state index in [9.17, 15) is 43.1 Å². The zero-order valence-electron chi connectivity index (χ0n) is 13.6. The number of hydrogen-bond donors (Lipinski definition) is 3. The van der Waals surface area contributed by atoms with E-state index in [0.29, 0.717) is 12.1 Å². The molecule has 13 heteroatoms. The van der Waals surface area contributed by atoms with Crippen LogP contribution in [0.15, 0.2) is 18.2 Å². The highest BCUT2D eigenvalue weighted by atomic mass is 19.4. The first-order valence-corrected chi connectivity index (χ1v) is 7.42. The Morgan fingerprint density at radius 3 is 2.59 bits per heavy atom. The third-order valence-corrected chi connectivity index (χ3v) is 3.89. The molecule has 3 atom stereocenters. The molecule has 0 saturated carbocycles. The van der Waals surface area contributed by atoms with Gasteiger partial charge in [-0.1, -0.05) is 6.07 Å². The van der Waals surface area contributed by atoms with Crippen LogP contribution in [0, 0.1) is 16.0 Å². The highest BCUT2D eigenvalue weighted by molar-refractivity contribution is 5.83. The second-order valence-corrected chi connectivity index (χ2v) is 5.55. The number of rotatable bonds is 4. The highest BCUT2D eigenvalue weighted by Gasteiger charge is 2.67. The summed E-state index contributed by atoms with van der Waals surface area (Å²) in [6.07, 6.45) is -5.52. The van der Waals surface area contributed by atoms with E-state index in [-0.39, 0.29) is 6.61 Å². The molecule has 2 amide bonds. The van der Waals surface area contributed by atoms with Gasteiger partial charge in [0.05, 0.1) is 17.6 Å². The number of nitro benzene ring substituents is 1. The molecule has 1 aromatic carbocycles. The molecule has 2 rings (SSSR count). The number of halogens is 3. The molecule has 1 aliphatic rings. The zero-order chi connectivity index (χ0) is 20.6. The first-order valence-electron chi connectivity index (χ1n) is 7.42. The standard InChI is InChI=1S/C14H14F3N3O7/c1-2-27-11(22)9-10(7-5-6(20(25)26)3-4-8(7)21)18-12(23)19-13(9,24)14(15,16)17/h3-5,9-10,21,24H,2H2,1H3,(H2,18,19,23)/p-1/t9-,10+,13+/m0/s1. The maximum absolute atomic E-state index is 13.5. The number of esters is 1. The van der Waals surface area contributed by atoms with E-state index < -0.39 is 57.8 Å². The molecule has 1 fully saturated rings. The molecule has 3 N–H and O–H groups in total. The molecule has 10 nitrogen and oxygen atoms in total. The van der Waals surface area contributed by atoms with Gasteiger partial charge in [0.25, 0.3) is 11.4 Å². The minimum absolute atomic E-state index is 0.358. The molecule has 27 heavy (non-hydrogen) atoms. The number of carbonyl (C=O) groups excluding carboxylic acids is 2. The van der Waals surface area contributed by atoms with E-state index in [1.54, 1.807) is 0 Å².